The maximum atomic E-state index is 7.32. The van der Waals surface area contributed by atoms with Crippen LogP contribution in [0.15, 0.2) is 0 Å². The van der Waals surface area contributed by atoms with E-state index in [1.165, 1.54) is 32.6 Å². The number of hydrogen-bond acceptors (Lipinski definition) is 2. The van der Waals surface area contributed by atoms with Crippen molar-refractivity contribution in [2.45, 2.75) is 46.5 Å². The predicted molar refractivity (Wildman–Crippen MR) is 49.2 cm³/mol. The van der Waals surface area contributed by atoms with Gasteiger partial charge in [0.25, 0.3) is 0 Å². The van der Waals surface area contributed by atoms with E-state index in [1.807, 2.05) is 0 Å². The summed E-state index contributed by atoms with van der Waals surface area (Å²) in [4.78, 5) is 0. The quantitative estimate of drug-likeness (QED) is 0.643. The van der Waals surface area contributed by atoms with E-state index in [0.717, 1.165) is 7.11 Å². The molecule has 1 N–H and O–H groups in total. The van der Waals surface area contributed by atoms with Crippen LogP contribution in [0.2, 0.25) is 0 Å². The number of hydrogen-bond donors (Lipinski definition) is 1. The number of rotatable bonds is 3. The molecule has 0 aliphatic rings. The molecule has 11 heavy (non-hydrogen) atoms. The summed E-state index contributed by atoms with van der Waals surface area (Å²) in [5.41, 5.74) is 0. The average Bonchev–Trinajstić information content (AvgIpc) is 2.06. The fraction of sp³-hybridized carbons (Fsp3) is 0.889. The zero-order chi connectivity index (χ0) is 9.54. The van der Waals surface area contributed by atoms with Gasteiger partial charge >= 0.3 is 0 Å². The van der Waals surface area contributed by atoms with Crippen molar-refractivity contribution in [2.24, 2.45) is 0 Å². The lowest BCUT2D eigenvalue weighted by molar-refractivity contribution is 0.399. The molecule has 2 nitrogen and oxygen atoms in total. The fourth-order valence-electron chi connectivity index (χ4n) is 0.500. The Morgan fingerprint density at radius 2 is 1.27 bits per heavy atom. The predicted octanol–water partition coefficient (Wildman–Crippen LogP) is 2.72. The van der Waals surface area contributed by atoms with Crippen LogP contribution in [-0.4, -0.2) is 12.2 Å². The Morgan fingerprint density at radius 1 is 1.09 bits per heavy atom. The molecular formula is C9H21NO. The summed E-state index contributed by atoms with van der Waals surface area (Å²) in [5, 5.41) is 14.3. The van der Waals surface area contributed by atoms with Gasteiger partial charge in [0.2, 0.25) is 0 Å². The Morgan fingerprint density at radius 3 is 1.36 bits per heavy atom. The highest BCUT2D eigenvalue weighted by atomic mass is 16.2. The summed E-state index contributed by atoms with van der Waals surface area (Å²) < 4.78 is 0. The maximum Gasteiger partial charge on any atom is 0.0587 e. The zero-order valence-electron chi connectivity index (χ0n) is 8.22. The maximum absolute atomic E-state index is 7.32. The molecule has 68 valence electrons. The molecule has 0 radical (unpaired) electrons. The van der Waals surface area contributed by atoms with Crippen molar-refractivity contribution in [2.75, 3.05) is 7.11 Å². The molecular weight excluding hydrogens is 138 g/mol. The molecule has 0 aromatic carbocycles. The number of nitrogens with zero attached hydrogens (tertiary/aromatic N) is 1. The molecule has 0 unspecified atom stereocenters. The van der Waals surface area contributed by atoms with Crippen LogP contribution in [0.25, 0.3) is 0 Å². The number of nitriles is 1. The summed E-state index contributed by atoms with van der Waals surface area (Å²) in [5.74, 6) is 0. The number of aliphatic hydroxyl groups is 1. The Kier molecular flexibility index (Phi) is 52.1. The van der Waals surface area contributed by atoms with Crippen LogP contribution in [0, 0.1) is 11.3 Å². The second kappa shape index (κ2) is 34.1. The van der Waals surface area contributed by atoms with Gasteiger partial charge in [-0.05, 0) is 0 Å². The molecule has 0 spiro atoms. The van der Waals surface area contributed by atoms with E-state index in [2.05, 4.69) is 13.8 Å². The van der Waals surface area contributed by atoms with Crippen molar-refractivity contribution in [3.63, 3.8) is 0 Å². The van der Waals surface area contributed by atoms with Crippen LogP contribution in [0.1, 0.15) is 46.5 Å². The SMILES string of the molecule is CC#N.CCCCCC.CO. The average molecular weight is 159 g/mol. The summed E-state index contributed by atoms with van der Waals surface area (Å²) in [6.45, 7) is 5.89. The van der Waals surface area contributed by atoms with E-state index in [4.69, 9.17) is 10.4 Å². The summed E-state index contributed by atoms with van der Waals surface area (Å²) in [7, 11) is 1.00. The van der Waals surface area contributed by atoms with Crippen molar-refractivity contribution in [1.82, 2.24) is 0 Å². The zero-order valence-corrected chi connectivity index (χ0v) is 8.22. The molecule has 0 aromatic rings. The van der Waals surface area contributed by atoms with E-state index in [1.54, 1.807) is 6.07 Å². The van der Waals surface area contributed by atoms with Gasteiger partial charge in [-0.3, -0.25) is 0 Å². The van der Waals surface area contributed by atoms with E-state index >= 15 is 0 Å². The first-order valence-electron chi connectivity index (χ1n) is 4.09. The summed E-state index contributed by atoms with van der Waals surface area (Å²) in [6.07, 6.45) is 5.54. The smallest absolute Gasteiger partial charge is 0.0587 e. The van der Waals surface area contributed by atoms with Crippen molar-refractivity contribution in [3.8, 4) is 6.07 Å². The third kappa shape index (κ3) is 87.4. The van der Waals surface area contributed by atoms with Gasteiger partial charge in [-0.2, -0.15) is 5.26 Å². The molecule has 0 atom stereocenters. The molecule has 0 aromatic heterocycles. The molecule has 0 bridgehead atoms. The Balaban J connectivity index is -0.000000109. The van der Waals surface area contributed by atoms with Gasteiger partial charge in [0.15, 0.2) is 0 Å². The van der Waals surface area contributed by atoms with Gasteiger partial charge in [0, 0.05) is 14.0 Å². The molecule has 0 heterocycles. The second-order valence-corrected chi connectivity index (χ2v) is 1.93. The molecule has 2 heteroatoms. The largest absolute Gasteiger partial charge is 0.400 e. The Bertz CT molecular complexity index is 62.5. The molecule has 0 aliphatic carbocycles. The number of unbranched alkanes of at least 4 members (excludes halogenated alkanes) is 3. The van der Waals surface area contributed by atoms with Crippen LogP contribution >= 0.6 is 0 Å². The highest BCUT2D eigenvalue weighted by Gasteiger charge is 1.75. The normalized spacial score (nSPS) is 6.18. The minimum absolute atomic E-state index is 1.00. The third-order valence-corrected chi connectivity index (χ3v) is 0.957. The minimum Gasteiger partial charge on any atom is -0.400 e. The molecule has 0 aliphatic heterocycles. The monoisotopic (exact) mass is 159 g/mol. The van der Waals surface area contributed by atoms with Crippen LogP contribution in [0.5, 0.6) is 0 Å². The topological polar surface area (TPSA) is 44.0 Å². The van der Waals surface area contributed by atoms with Gasteiger partial charge in [0.1, 0.15) is 0 Å². The molecule has 0 amide bonds. The summed E-state index contributed by atoms with van der Waals surface area (Å²) >= 11 is 0. The van der Waals surface area contributed by atoms with Gasteiger partial charge in [0.05, 0.1) is 6.07 Å². The first kappa shape index (κ1) is 16.8. The van der Waals surface area contributed by atoms with Crippen molar-refractivity contribution < 1.29 is 5.11 Å². The van der Waals surface area contributed by atoms with Crippen LogP contribution < -0.4 is 0 Å². The summed E-state index contributed by atoms with van der Waals surface area (Å²) in [6, 6.07) is 1.75. The Labute approximate surface area is 70.9 Å². The first-order chi connectivity index (χ1) is 5.33. The van der Waals surface area contributed by atoms with E-state index in [9.17, 15) is 0 Å². The van der Waals surface area contributed by atoms with Gasteiger partial charge in [-0.25, -0.2) is 0 Å². The first-order valence-corrected chi connectivity index (χ1v) is 4.09. The van der Waals surface area contributed by atoms with E-state index < -0.39 is 0 Å². The van der Waals surface area contributed by atoms with Crippen molar-refractivity contribution in [3.05, 3.63) is 0 Å². The van der Waals surface area contributed by atoms with Crippen LogP contribution in [0.3, 0.4) is 0 Å². The van der Waals surface area contributed by atoms with Crippen molar-refractivity contribution >= 4 is 0 Å². The van der Waals surface area contributed by atoms with Gasteiger partial charge < -0.3 is 5.11 Å². The molecule has 0 saturated carbocycles. The van der Waals surface area contributed by atoms with Crippen molar-refractivity contribution in [1.29, 1.82) is 5.26 Å². The lowest BCUT2D eigenvalue weighted by Crippen LogP contribution is -1.66. The minimum atomic E-state index is 1.00. The third-order valence-electron chi connectivity index (χ3n) is 0.957. The molecule has 0 saturated heterocycles. The number of aliphatic hydroxyl groups excluding tert-OH is 1. The lowest BCUT2D eigenvalue weighted by atomic mass is 10.2. The van der Waals surface area contributed by atoms with E-state index in [-0.39, 0.29) is 0 Å². The van der Waals surface area contributed by atoms with E-state index in [0.29, 0.717) is 0 Å². The lowest BCUT2D eigenvalue weighted by Gasteiger charge is -1.86. The van der Waals surface area contributed by atoms with Crippen LogP contribution in [-0.2, 0) is 0 Å². The second-order valence-electron chi connectivity index (χ2n) is 1.93. The standard InChI is InChI=1S/C6H14.C2H3N.CH4O/c1-3-5-6-4-2;1-2-3;1-2/h3-6H2,1-2H3;1H3;2H,1H3. The molecule has 0 rings (SSSR count). The van der Waals surface area contributed by atoms with Crippen LogP contribution in [0.4, 0.5) is 0 Å². The highest BCUT2D eigenvalue weighted by Crippen LogP contribution is 1.95. The highest BCUT2D eigenvalue weighted by molar-refractivity contribution is 4.51. The fourth-order valence-corrected chi connectivity index (χ4v) is 0.500. The molecule has 0 fully saturated rings. The van der Waals surface area contributed by atoms with Gasteiger partial charge in [-0.1, -0.05) is 39.5 Å². The van der Waals surface area contributed by atoms with Gasteiger partial charge in [-0.15, -0.1) is 0 Å². The Hall–Kier alpha value is -0.550.